The van der Waals surface area contributed by atoms with Crippen LogP contribution in [0.5, 0.6) is 5.75 Å². The second-order valence-electron chi connectivity index (χ2n) is 4.11. The Hall–Kier alpha value is -1.77. The maximum absolute atomic E-state index is 11.4. The summed E-state index contributed by atoms with van der Waals surface area (Å²) in [6.45, 7) is 7.59. The molecule has 0 spiro atoms. The van der Waals surface area contributed by atoms with Crippen molar-refractivity contribution in [3.8, 4) is 5.75 Å². The van der Waals surface area contributed by atoms with Gasteiger partial charge in [0.1, 0.15) is 5.75 Å². The largest absolute Gasteiger partial charge is 0.483 e. The van der Waals surface area contributed by atoms with Gasteiger partial charge >= 0.3 is 0 Å². The van der Waals surface area contributed by atoms with Crippen LogP contribution in [0.2, 0.25) is 0 Å². The van der Waals surface area contributed by atoms with Crippen LogP contribution in [0.4, 0.5) is 0 Å². The van der Waals surface area contributed by atoms with Gasteiger partial charge in [0.05, 0.1) is 0 Å². The lowest BCUT2D eigenvalue weighted by molar-refractivity contribution is -0.123. The van der Waals surface area contributed by atoms with Crippen molar-refractivity contribution in [2.45, 2.75) is 26.3 Å². The van der Waals surface area contributed by atoms with Crippen LogP contribution in [0.1, 0.15) is 19.4 Å². The minimum atomic E-state index is -0.103. The molecule has 0 aliphatic heterocycles. The van der Waals surface area contributed by atoms with E-state index in [1.807, 2.05) is 44.2 Å². The van der Waals surface area contributed by atoms with Crippen molar-refractivity contribution in [2.24, 2.45) is 0 Å². The molecule has 1 rings (SSSR count). The number of allylic oxidation sites excluding steroid dienone is 1. The quantitative estimate of drug-likeness (QED) is 0.766. The highest BCUT2D eigenvalue weighted by Gasteiger charge is 2.06. The topological polar surface area (TPSA) is 38.3 Å². The molecule has 1 amide bonds. The summed E-state index contributed by atoms with van der Waals surface area (Å²) in [5.74, 6) is 0.639. The monoisotopic (exact) mass is 233 g/mol. The highest BCUT2D eigenvalue weighted by Crippen LogP contribution is 2.18. The van der Waals surface area contributed by atoms with Crippen LogP contribution in [-0.2, 0) is 11.2 Å². The van der Waals surface area contributed by atoms with Crippen LogP contribution in [-0.4, -0.2) is 18.6 Å². The fraction of sp³-hybridized carbons (Fsp3) is 0.357. The first kappa shape index (κ1) is 13.3. The summed E-state index contributed by atoms with van der Waals surface area (Å²) in [6, 6.07) is 7.80. The van der Waals surface area contributed by atoms with E-state index < -0.39 is 0 Å². The molecule has 1 aromatic carbocycles. The molecule has 0 aliphatic carbocycles. The zero-order chi connectivity index (χ0) is 12.7. The summed E-state index contributed by atoms with van der Waals surface area (Å²) >= 11 is 0. The Bertz CT molecular complexity index is 386. The van der Waals surface area contributed by atoms with Gasteiger partial charge in [0.15, 0.2) is 6.61 Å². The normalized spacial score (nSPS) is 10.1. The van der Waals surface area contributed by atoms with Crippen LogP contribution >= 0.6 is 0 Å². The van der Waals surface area contributed by atoms with Gasteiger partial charge in [0, 0.05) is 6.04 Å². The van der Waals surface area contributed by atoms with E-state index in [4.69, 9.17) is 4.74 Å². The van der Waals surface area contributed by atoms with E-state index in [-0.39, 0.29) is 18.6 Å². The first-order valence-electron chi connectivity index (χ1n) is 5.74. The second kappa shape index (κ2) is 6.74. The molecule has 3 heteroatoms. The molecule has 1 aromatic rings. The third-order valence-electron chi connectivity index (χ3n) is 2.15. The summed E-state index contributed by atoms with van der Waals surface area (Å²) in [4.78, 5) is 11.4. The van der Waals surface area contributed by atoms with E-state index in [1.54, 1.807) is 0 Å². The average Bonchev–Trinajstić information content (AvgIpc) is 2.27. The molecule has 0 bridgehead atoms. The highest BCUT2D eigenvalue weighted by molar-refractivity contribution is 5.77. The van der Waals surface area contributed by atoms with Crippen LogP contribution in [0.3, 0.4) is 0 Å². The zero-order valence-corrected chi connectivity index (χ0v) is 10.4. The van der Waals surface area contributed by atoms with Gasteiger partial charge in [-0.25, -0.2) is 0 Å². The second-order valence-corrected chi connectivity index (χ2v) is 4.11. The van der Waals surface area contributed by atoms with Crippen molar-refractivity contribution >= 4 is 5.91 Å². The van der Waals surface area contributed by atoms with Crippen molar-refractivity contribution in [1.82, 2.24) is 5.32 Å². The molecular formula is C14H19NO2. The Morgan fingerprint density at radius 3 is 2.82 bits per heavy atom. The van der Waals surface area contributed by atoms with Gasteiger partial charge in [0.2, 0.25) is 0 Å². The van der Waals surface area contributed by atoms with Gasteiger partial charge < -0.3 is 10.1 Å². The van der Waals surface area contributed by atoms with Crippen LogP contribution < -0.4 is 10.1 Å². The number of carbonyl (C=O) groups excluding carboxylic acids is 1. The number of amides is 1. The number of carbonyl (C=O) groups is 1. The molecule has 0 heterocycles. The van der Waals surface area contributed by atoms with Gasteiger partial charge in [-0.15, -0.1) is 6.58 Å². The molecule has 0 aliphatic rings. The highest BCUT2D eigenvalue weighted by atomic mass is 16.5. The number of ether oxygens (including phenoxy) is 1. The summed E-state index contributed by atoms with van der Waals surface area (Å²) in [6.07, 6.45) is 2.55. The predicted molar refractivity (Wildman–Crippen MR) is 69.1 cm³/mol. The van der Waals surface area contributed by atoms with Gasteiger partial charge in [-0.3, -0.25) is 4.79 Å². The van der Waals surface area contributed by atoms with E-state index in [1.165, 1.54) is 0 Å². The van der Waals surface area contributed by atoms with Crippen molar-refractivity contribution in [3.63, 3.8) is 0 Å². The van der Waals surface area contributed by atoms with Gasteiger partial charge in [0.25, 0.3) is 5.91 Å². The third kappa shape index (κ3) is 4.72. The molecule has 0 atom stereocenters. The number of para-hydroxylation sites is 1. The predicted octanol–water partition coefficient (Wildman–Crippen LogP) is 2.32. The fourth-order valence-corrected chi connectivity index (χ4v) is 1.48. The molecule has 17 heavy (non-hydrogen) atoms. The molecule has 0 fully saturated rings. The van der Waals surface area contributed by atoms with E-state index in [2.05, 4.69) is 11.9 Å². The van der Waals surface area contributed by atoms with Crippen molar-refractivity contribution in [3.05, 3.63) is 42.5 Å². The lowest BCUT2D eigenvalue weighted by Gasteiger charge is -2.11. The smallest absolute Gasteiger partial charge is 0.258 e. The van der Waals surface area contributed by atoms with E-state index in [0.29, 0.717) is 0 Å². The lowest BCUT2D eigenvalue weighted by atomic mass is 10.1. The minimum Gasteiger partial charge on any atom is -0.483 e. The number of hydrogen-bond acceptors (Lipinski definition) is 2. The average molecular weight is 233 g/mol. The molecule has 0 saturated carbocycles. The molecule has 0 aromatic heterocycles. The van der Waals surface area contributed by atoms with Gasteiger partial charge in [-0.2, -0.15) is 0 Å². The SMILES string of the molecule is C=CCc1ccccc1OCC(=O)NC(C)C. The summed E-state index contributed by atoms with van der Waals surface area (Å²) in [7, 11) is 0. The maximum atomic E-state index is 11.4. The Morgan fingerprint density at radius 2 is 2.18 bits per heavy atom. The Balaban J connectivity index is 2.56. The van der Waals surface area contributed by atoms with Crippen LogP contribution in [0.15, 0.2) is 36.9 Å². The molecule has 0 radical (unpaired) electrons. The molecular weight excluding hydrogens is 214 g/mol. The first-order valence-corrected chi connectivity index (χ1v) is 5.74. The van der Waals surface area contributed by atoms with E-state index >= 15 is 0 Å². The number of rotatable bonds is 6. The number of hydrogen-bond donors (Lipinski definition) is 1. The third-order valence-corrected chi connectivity index (χ3v) is 2.15. The summed E-state index contributed by atoms with van der Waals surface area (Å²) in [5.41, 5.74) is 1.04. The number of nitrogens with one attached hydrogen (secondary N) is 1. The molecule has 92 valence electrons. The fourth-order valence-electron chi connectivity index (χ4n) is 1.48. The summed E-state index contributed by atoms with van der Waals surface area (Å²) < 4.78 is 5.49. The Kier molecular flexibility index (Phi) is 5.27. The molecule has 0 saturated heterocycles. The standard InChI is InChI=1S/C14H19NO2/c1-4-7-12-8-5-6-9-13(12)17-10-14(16)15-11(2)3/h4-6,8-9,11H,1,7,10H2,2-3H3,(H,15,16). The molecule has 3 nitrogen and oxygen atoms in total. The van der Waals surface area contributed by atoms with E-state index in [9.17, 15) is 4.79 Å². The summed E-state index contributed by atoms with van der Waals surface area (Å²) in [5, 5.41) is 2.78. The molecule has 1 N–H and O–H groups in total. The molecule has 0 unspecified atom stereocenters. The van der Waals surface area contributed by atoms with Crippen LogP contribution in [0.25, 0.3) is 0 Å². The Labute approximate surface area is 102 Å². The van der Waals surface area contributed by atoms with Gasteiger partial charge in [-0.1, -0.05) is 24.3 Å². The Morgan fingerprint density at radius 1 is 1.47 bits per heavy atom. The van der Waals surface area contributed by atoms with Crippen molar-refractivity contribution < 1.29 is 9.53 Å². The number of benzene rings is 1. The van der Waals surface area contributed by atoms with Crippen LogP contribution in [0, 0.1) is 0 Å². The van der Waals surface area contributed by atoms with Crippen molar-refractivity contribution in [1.29, 1.82) is 0 Å². The van der Waals surface area contributed by atoms with E-state index in [0.717, 1.165) is 17.7 Å². The lowest BCUT2D eigenvalue weighted by Crippen LogP contribution is -2.34. The minimum absolute atomic E-state index is 0.0480. The maximum Gasteiger partial charge on any atom is 0.258 e. The van der Waals surface area contributed by atoms with Gasteiger partial charge in [-0.05, 0) is 31.9 Å². The first-order chi connectivity index (χ1) is 8.13. The zero-order valence-electron chi connectivity index (χ0n) is 10.4. The van der Waals surface area contributed by atoms with Crippen molar-refractivity contribution in [2.75, 3.05) is 6.61 Å².